The summed E-state index contributed by atoms with van der Waals surface area (Å²) in [5.74, 6) is 0. The van der Waals surface area contributed by atoms with Crippen LogP contribution in [0.15, 0.2) is 30.4 Å². The van der Waals surface area contributed by atoms with Crippen molar-refractivity contribution in [2.75, 3.05) is 0 Å². The number of hydrogen-bond acceptors (Lipinski definition) is 2. The molecule has 1 aromatic heterocycles. The van der Waals surface area contributed by atoms with Gasteiger partial charge in [0.2, 0.25) is 10.0 Å². The minimum Gasteiger partial charge on any atom is -0.224 e. The highest BCUT2D eigenvalue weighted by Gasteiger charge is 2.17. The van der Waals surface area contributed by atoms with E-state index in [1.54, 1.807) is 6.20 Å². The third-order valence-electron chi connectivity index (χ3n) is 1.76. The molecule has 0 aliphatic rings. The molecule has 14 heavy (non-hydrogen) atoms. The van der Waals surface area contributed by atoms with Crippen LogP contribution in [-0.4, -0.2) is 8.42 Å². The first-order valence-electron chi connectivity index (χ1n) is 3.82. The number of nitrogens with two attached hydrogens (primary N) is 1. The van der Waals surface area contributed by atoms with E-state index in [4.69, 9.17) is 5.14 Å². The van der Waals surface area contributed by atoms with Gasteiger partial charge in [-0.05, 0) is 0 Å². The molecule has 0 fully saturated rings. The molecule has 0 bridgehead atoms. The number of primary sulfonamides is 1. The SMILES string of the molecule is C=Cc1c[nH+]cc(S(N)(=O)=O)c1C=C. The van der Waals surface area contributed by atoms with Crippen LogP contribution in [0.5, 0.6) is 0 Å². The number of aromatic nitrogens is 1. The van der Waals surface area contributed by atoms with E-state index in [1.165, 1.54) is 18.3 Å². The second-order valence-corrected chi connectivity index (χ2v) is 4.17. The number of nitrogens with one attached hydrogen (secondary N) is 1. The third-order valence-corrected chi connectivity index (χ3v) is 2.71. The fraction of sp³-hybridized carbons (Fsp3) is 0. The Labute approximate surface area is 82.8 Å². The first kappa shape index (κ1) is 10.6. The lowest BCUT2D eigenvalue weighted by Crippen LogP contribution is -2.18. The fourth-order valence-corrected chi connectivity index (χ4v) is 1.87. The smallest absolute Gasteiger partial charge is 0.224 e. The highest BCUT2D eigenvalue weighted by Crippen LogP contribution is 2.17. The predicted octanol–water partition coefficient (Wildman–Crippen LogP) is 0.434. The molecule has 0 amide bonds. The minimum atomic E-state index is -3.73. The Balaban J connectivity index is 3.61. The molecule has 0 aromatic carbocycles. The van der Waals surface area contributed by atoms with Crippen LogP contribution >= 0.6 is 0 Å². The Hall–Kier alpha value is -1.46. The van der Waals surface area contributed by atoms with Gasteiger partial charge in [0, 0.05) is 11.1 Å². The molecule has 4 nitrogen and oxygen atoms in total. The lowest BCUT2D eigenvalue weighted by atomic mass is 10.1. The van der Waals surface area contributed by atoms with Gasteiger partial charge in [-0.2, -0.15) is 0 Å². The van der Waals surface area contributed by atoms with Crippen LogP contribution in [0, 0.1) is 0 Å². The van der Waals surface area contributed by atoms with Gasteiger partial charge >= 0.3 is 0 Å². The molecule has 1 aromatic rings. The molecule has 0 saturated carbocycles. The van der Waals surface area contributed by atoms with Crippen molar-refractivity contribution in [3.63, 3.8) is 0 Å². The molecule has 0 radical (unpaired) electrons. The summed E-state index contributed by atoms with van der Waals surface area (Å²) >= 11 is 0. The van der Waals surface area contributed by atoms with Crippen molar-refractivity contribution in [3.8, 4) is 0 Å². The maximum Gasteiger partial charge on any atom is 0.244 e. The van der Waals surface area contributed by atoms with Gasteiger partial charge in [0.25, 0.3) is 0 Å². The summed E-state index contributed by atoms with van der Waals surface area (Å²) in [4.78, 5) is 2.70. The zero-order chi connectivity index (χ0) is 10.8. The molecule has 0 atom stereocenters. The molecule has 0 aliphatic carbocycles. The van der Waals surface area contributed by atoms with Crippen molar-refractivity contribution in [2.24, 2.45) is 5.14 Å². The molecular weight excluding hydrogens is 200 g/mol. The average molecular weight is 211 g/mol. The first-order valence-corrected chi connectivity index (χ1v) is 5.37. The summed E-state index contributed by atoms with van der Waals surface area (Å²) in [6.45, 7) is 7.09. The highest BCUT2D eigenvalue weighted by atomic mass is 32.2. The van der Waals surface area contributed by atoms with E-state index >= 15 is 0 Å². The summed E-state index contributed by atoms with van der Waals surface area (Å²) in [5.41, 5.74) is 1.10. The van der Waals surface area contributed by atoms with Gasteiger partial charge < -0.3 is 0 Å². The lowest BCUT2D eigenvalue weighted by Gasteiger charge is -2.02. The number of pyridine rings is 1. The largest absolute Gasteiger partial charge is 0.244 e. The van der Waals surface area contributed by atoms with Crippen molar-refractivity contribution in [1.82, 2.24) is 0 Å². The summed E-state index contributed by atoms with van der Waals surface area (Å²) in [6, 6.07) is 0. The van der Waals surface area contributed by atoms with Crippen molar-refractivity contribution in [2.45, 2.75) is 4.90 Å². The van der Waals surface area contributed by atoms with Crippen LogP contribution in [0.3, 0.4) is 0 Å². The zero-order valence-corrected chi connectivity index (χ0v) is 8.34. The number of aromatic amines is 1. The van der Waals surface area contributed by atoms with E-state index in [1.807, 2.05) is 0 Å². The maximum absolute atomic E-state index is 11.2. The van der Waals surface area contributed by atoms with Crippen LogP contribution in [0.1, 0.15) is 11.1 Å². The molecular formula is C9H11N2O2S+. The minimum absolute atomic E-state index is 0.0184. The second kappa shape index (κ2) is 3.73. The maximum atomic E-state index is 11.2. The zero-order valence-electron chi connectivity index (χ0n) is 7.53. The predicted molar refractivity (Wildman–Crippen MR) is 54.6 cm³/mol. The van der Waals surface area contributed by atoms with E-state index in [0.717, 1.165) is 0 Å². The molecule has 1 rings (SSSR count). The van der Waals surface area contributed by atoms with Gasteiger partial charge in [0.1, 0.15) is 0 Å². The van der Waals surface area contributed by atoms with Gasteiger partial charge in [-0.25, -0.2) is 18.5 Å². The second-order valence-electron chi connectivity index (χ2n) is 2.64. The van der Waals surface area contributed by atoms with Gasteiger partial charge in [-0.15, -0.1) is 0 Å². The summed E-state index contributed by atoms with van der Waals surface area (Å²) < 4.78 is 22.3. The molecule has 3 N–H and O–H groups in total. The molecule has 74 valence electrons. The van der Waals surface area contributed by atoms with E-state index in [-0.39, 0.29) is 4.90 Å². The topological polar surface area (TPSA) is 74.3 Å². The van der Waals surface area contributed by atoms with Crippen molar-refractivity contribution in [3.05, 3.63) is 36.7 Å². The van der Waals surface area contributed by atoms with E-state index < -0.39 is 10.0 Å². The van der Waals surface area contributed by atoms with Crippen molar-refractivity contribution in [1.29, 1.82) is 0 Å². The van der Waals surface area contributed by atoms with Crippen LogP contribution in [-0.2, 0) is 10.0 Å². The van der Waals surface area contributed by atoms with E-state index in [0.29, 0.717) is 11.1 Å². The monoisotopic (exact) mass is 211 g/mol. The van der Waals surface area contributed by atoms with Crippen LogP contribution < -0.4 is 10.1 Å². The Bertz CT molecular complexity index is 478. The Morgan fingerprint density at radius 3 is 2.36 bits per heavy atom. The van der Waals surface area contributed by atoms with Gasteiger partial charge in [-0.3, -0.25) is 0 Å². The Morgan fingerprint density at radius 1 is 1.29 bits per heavy atom. The van der Waals surface area contributed by atoms with E-state index in [2.05, 4.69) is 18.1 Å². The molecule has 1 heterocycles. The summed E-state index contributed by atoms with van der Waals surface area (Å²) in [6.07, 6.45) is 5.91. The number of sulfonamides is 1. The third kappa shape index (κ3) is 1.89. The molecule has 0 saturated heterocycles. The molecule has 0 aliphatic heterocycles. The number of hydrogen-bond donors (Lipinski definition) is 1. The average Bonchev–Trinajstić information content (AvgIpc) is 2.15. The summed E-state index contributed by atoms with van der Waals surface area (Å²) in [5, 5.41) is 5.03. The normalized spacial score (nSPS) is 10.9. The fourth-order valence-electron chi connectivity index (χ4n) is 1.13. The van der Waals surface area contributed by atoms with Crippen LogP contribution in [0.25, 0.3) is 12.2 Å². The van der Waals surface area contributed by atoms with Crippen molar-refractivity contribution >= 4 is 22.2 Å². The number of rotatable bonds is 3. The van der Waals surface area contributed by atoms with Gasteiger partial charge in [-0.1, -0.05) is 25.3 Å². The van der Waals surface area contributed by atoms with Crippen LogP contribution in [0.4, 0.5) is 0 Å². The molecule has 0 spiro atoms. The standard InChI is InChI=1S/C9H10N2O2S/c1-3-7-5-11-6-9(8(7)4-2)14(10,12)13/h3-6H,1-2H2,(H2,10,12,13)/p+1. The van der Waals surface area contributed by atoms with E-state index in [9.17, 15) is 8.42 Å². The molecule has 0 unspecified atom stereocenters. The summed E-state index contributed by atoms with van der Waals surface area (Å²) in [7, 11) is -3.73. The lowest BCUT2D eigenvalue weighted by molar-refractivity contribution is -0.381. The first-order chi connectivity index (χ1) is 6.50. The van der Waals surface area contributed by atoms with Crippen LogP contribution in [0.2, 0.25) is 0 Å². The molecule has 5 heteroatoms. The number of H-pyrrole nitrogens is 1. The Kier molecular flexibility index (Phi) is 2.83. The van der Waals surface area contributed by atoms with Crippen molar-refractivity contribution < 1.29 is 13.4 Å². The Morgan fingerprint density at radius 2 is 1.93 bits per heavy atom. The quantitative estimate of drug-likeness (QED) is 0.787. The highest BCUT2D eigenvalue weighted by molar-refractivity contribution is 7.89. The van der Waals surface area contributed by atoms with Gasteiger partial charge in [0.05, 0.1) is 0 Å². The van der Waals surface area contributed by atoms with Gasteiger partial charge in [0.15, 0.2) is 17.3 Å².